The molecule has 2 aromatic heterocycles. The fraction of sp³-hybridized carbons (Fsp3) is 0.444. The fourth-order valence-electron chi connectivity index (χ4n) is 3.69. The summed E-state index contributed by atoms with van der Waals surface area (Å²) in [5.74, 6) is -1.62. The highest BCUT2D eigenvalue weighted by Crippen LogP contribution is 2.45. The summed E-state index contributed by atoms with van der Waals surface area (Å²) in [6.45, 7) is 4.10. The van der Waals surface area contributed by atoms with Gasteiger partial charge in [-0.15, -0.1) is 12.4 Å². The first-order valence-electron chi connectivity index (χ1n) is 8.67. The van der Waals surface area contributed by atoms with Crippen molar-refractivity contribution in [3.63, 3.8) is 0 Å². The van der Waals surface area contributed by atoms with Crippen LogP contribution in [0.25, 0.3) is 5.52 Å². The number of pyridine rings is 2. The van der Waals surface area contributed by atoms with E-state index in [1.54, 1.807) is 0 Å². The van der Waals surface area contributed by atoms with E-state index < -0.39 is 17.3 Å². The van der Waals surface area contributed by atoms with Gasteiger partial charge in [-0.05, 0) is 53.2 Å². The molecule has 146 valence electrons. The van der Waals surface area contributed by atoms with E-state index in [-0.39, 0.29) is 29.9 Å². The highest BCUT2D eigenvalue weighted by molar-refractivity contribution is 9.10. The molecule has 0 bridgehead atoms. The molecule has 2 fully saturated rings. The number of hydrogen-bond acceptors (Lipinski definition) is 4. The summed E-state index contributed by atoms with van der Waals surface area (Å²) in [4.78, 5) is 26.0. The zero-order valence-corrected chi connectivity index (χ0v) is 17.1. The molecule has 2 aliphatic rings. The van der Waals surface area contributed by atoms with Crippen LogP contribution in [0.15, 0.2) is 21.5 Å². The molecular formula is C18H20BrClFN3O3. The van der Waals surface area contributed by atoms with Crippen LogP contribution in [0.1, 0.15) is 41.6 Å². The predicted octanol–water partition coefficient (Wildman–Crippen LogP) is 3.00. The van der Waals surface area contributed by atoms with Crippen molar-refractivity contribution in [1.82, 2.24) is 9.72 Å². The molecule has 1 aliphatic carbocycles. The maximum Gasteiger partial charge on any atom is 0.341 e. The minimum absolute atomic E-state index is 0. The molecule has 0 spiro atoms. The maximum absolute atomic E-state index is 15.0. The van der Waals surface area contributed by atoms with Crippen LogP contribution in [0.4, 0.5) is 10.1 Å². The monoisotopic (exact) mass is 459 g/mol. The molecule has 1 saturated heterocycles. The first-order chi connectivity index (χ1) is 12.4. The lowest BCUT2D eigenvalue weighted by molar-refractivity contribution is 0.0694. The van der Waals surface area contributed by atoms with E-state index in [2.05, 4.69) is 21.2 Å². The average molecular weight is 461 g/mol. The van der Waals surface area contributed by atoms with E-state index in [0.29, 0.717) is 28.8 Å². The SMILES string of the molecule is CC1CN(c2c(F)cn3c(=O)c(C(=O)O)cc(C4CC4)c3c2Br)CCN1.Cl. The van der Waals surface area contributed by atoms with Gasteiger partial charge in [0.1, 0.15) is 5.56 Å². The van der Waals surface area contributed by atoms with Gasteiger partial charge in [0.2, 0.25) is 0 Å². The van der Waals surface area contributed by atoms with Crippen molar-refractivity contribution in [2.24, 2.45) is 0 Å². The van der Waals surface area contributed by atoms with Crippen molar-refractivity contribution in [2.45, 2.75) is 31.7 Å². The summed E-state index contributed by atoms with van der Waals surface area (Å²) >= 11 is 3.52. The van der Waals surface area contributed by atoms with Crippen LogP contribution in [-0.2, 0) is 0 Å². The number of rotatable bonds is 3. The molecule has 3 heterocycles. The Morgan fingerprint density at radius 2 is 2.11 bits per heavy atom. The smallest absolute Gasteiger partial charge is 0.341 e. The third kappa shape index (κ3) is 3.46. The summed E-state index contributed by atoms with van der Waals surface area (Å²) in [5, 5.41) is 12.7. The molecule has 4 rings (SSSR count). The number of nitrogens with one attached hydrogen (secondary N) is 1. The van der Waals surface area contributed by atoms with Gasteiger partial charge in [0, 0.05) is 25.7 Å². The van der Waals surface area contributed by atoms with Crippen LogP contribution in [0.2, 0.25) is 0 Å². The minimum atomic E-state index is -1.29. The first-order valence-corrected chi connectivity index (χ1v) is 9.46. The molecule has 1 atom stereocenters. The highest BCUT2D eigenvalue weighted by atomic mass is 79.9. The molecule has 27 heavy (non-hydrogen) atoms. The third-order valence-electron chi connectivity index (χ3n) is 5.08. The Balaban J connectivity index is 0.00000210. The lowest BCUT2D eigenvalue weighted by Crippen LogP contribution is -2.49. The van der Waals surface area contributed by atoms with Crippen LogP contribution in [0.5, 0.6) is 0 Å². The lowest BCUT2D eigenvalue weighted by Gasteiger charge is -2.34. The van der Waals surface area contributed by atoms with E-state index in [1.807, 2.05) is 11.8 Å². The van der Waals surface area contributed by atoms with E-state index in [4.69, 9.17) is 0 Å². The van der Waals surface area contributed by atoms with Crippen molar-refractivity contribution >= 4 is 45.5 Å². The highest BCUT2D eigenvalue weighted by Gasteiger charge is 2.31. The number of hydrogen-bond donors (Lipinski definition) is 2. The van der Waals surface area contributed by atoms with Crippen molar-refractivity contribution in [3.8, 4) is 0 Å². The number of aromatic nitrogens is 1. The van der Waals surface area contributed by atoms with Gasteiger partial charge >= 0.3 is 5.97 Å². The van der Waals surface area contributed by atoms with E-state index in [9.17, 15) is 19.1 Å². The van der Waals surface area contributed by atoms with Gasteiger partial charge in [-0.25, -0.2) is 9.18 Å². The normalized spacial score (nSPS) is 19.8. The molecule has 1 aliphatic heterocycles. The maximum atomic E-state index is 15.0. The van der Waals surface area contributed by atoms with Gasteiger partial charge in [0.05, 0.1) is 21.9 Å². The lowest BCUT2D eigenvalue weighted by atomic mass is 10.1. The Bertz CT molecular complexity index is 977. The van der Waals surface area contributed by atoms with E-state index >= 15 is 0 Å². The topological polar surface area (TPSA) is 74.0 Å². The van der Waals surface area contributed by atoms with Crippen LogP contribution < -0.4 is 15.8 Å². The zero-order valence-electron chi connectivity index (χ0n) is 14.7. The largest absolute Gasteiger partial charge is 0.477 e. The molecular weight excluding hydrogens is 441 g/mol. The average Bonchev–Trinajstić information content (AvgIpc) is 3.40. The Morgan fingerprint density at radius 3 is 2.70 bits per heavy atom. The van der Waals surface area contributed by atoms with Crippen molar-refractivity contribution in [1.29, 1.82) is 0 Å². The Morgan fingerprint density at radius 1 is 1.41 bits per heavy atom. The van der Waals surface area contributed by atoms with Crippen LogP contribution in [0.3, 0.4) is 0 Å². The Kier molecular flexibility index (Phi) is 5.52. The van der Waals surface area contributed by atoms with E-state index in [1.165, 1.54) is 6.07 Å². The second-order valence-electron chi connectivity index (χ2n) is 7.06. The summed E-state index contributed by atoms with van der Waals surface area (Å²) in [7, 11) is 0. The van der Waals surface area contributed by atoms with Crippen LogP contribution in [0, 0.1) is 5.82 Å². The molecule has 0 radical (unpaired) electrons. The molecule has 9 heteroatoms. The third-order valence-corrected chi connectivity index (χ3v) is 5.83. The fourth-order valence-corrected chi connectivity index (χ4v) is 4.55. The van der Waals surface area contributed by atoms with Gasteiger partial charge in [0.15, 0.2) is 5.82 Å². The molecule has 6 nitrogen and oxygen atoms in total. The quantitative estimate of drug-likeness (QED) is 0.737. The number of piperazine rings is 1. The van der Waals surface area contributed by atoms with Crippen molar-refractivity contribution < 1.29 is 14.3 Å². The van der Waals surface area contributed by atoms with Crippen LogP contribution in [-0.4, -0.2) is 41.2 Å². The number of carbonyl (C=O) groups is 1. The molecule has 1 unspecified atom stereocenters. The minimum Gasteiger partial charge on any atom is -0.477 e. The number of carboxylic acids is 1. The molecule has 0 amide bonds. The van der Waals surface area contributed by atoms with Crippen LogP contribution >= 0.6 is 28.3 Å². The molecule has 2 aromatic rings. The predicted molar refractivity (Wildman–Crippen MR) is 107 cm³/mol. The Hall–Kier alpha value is -1.64. The number of aromatic carboxylic acids is 1. The van der Waals surface area contributed by atoms with Crippen molar-refractivity contribution in [3.05, 3.63) is 44.0 Å². The van der Waals surface area contributed by atoms with Gasteiger partial charge < -0.3 is 15.3 Å². The summed E-state index contributed by atoms with van der Waals surface area (Å²) in [6, 6.07) is 1.69. The number of anilines is 1. The number of fused-ring (bicyclic) bond motifs is 1. The second kappa shape index (κ2) is 7.41. The number of halogens is 3. The molecule has 1 saturated carbocycles. The van der Waals surface area contributed by atoms with E-state index in [0.717, 1.165) is 35.5 Å². The van der Waals surface area contributed by atoms with Gasteiger partial charge in [0.25, 0.3) is 5.56 Å². The summed E-state index contributed by atoms with van der Waals surface area (Å²) in [5.41, 5.74) is 0.766. The zero-order chi connectivity index (χ0) is 18.6. The Labute approximate surface area is 169 Å². The standard InChI is InChI=1S/C18H19BrFN3O3.ClH/c1-9-7-22(5-4-21-9)16-13(20)8-23-15(14(16)19)11(10-2-3-10)6-12(17(23)24)18(25)26;/h6,8-10,21H,2-5,7H2,1H3,(H,25,26);1H. The first kappa shape index (κ1) is 20.1. The molecule has 0 aromatic carbocycles. The summed E-state index contributed by atoms with van der Waals surface area (Å²) < 4.78 is 16.6. The van der Waals surface area contributed by atoms with Gasteiger partial charge in [-0.3, -0.25) is 9.20 Å². The van der Waals surface area contributed by atoms with Crippen molar-refractivity contribution in [2.75, 3.05) is 24.5 Å². The van der Waals surface area contributed by atoms with Gasteiger partial charge in [-0.2, -0.15) is 0 Å². The second-order valence-corrected chi connectivity index (χ2v) is 7.85. The van der Waals surface area contributed by atoms with Gasteiger partial charge in [-0.1, -0.05) is 0 Å². The number of carboxylic acid groups (broad SMARTS) is 1. The summed E-state index contributed by atoms with van der Waals surface area (Å²) in [6.07, 6.45) is 3.01. The number of nitrogens with zero attached hydrogens (tertiary/aromatic N) is 2. The molecule has 2 N–H and O–H groups in total.